The van der Waals surface area contributed by atoms with Gasteiger partial charge in [0.1, 0.15) is 0 Å². The second-order valence-electron chi connectivity index (χ2n) is 4.67. The normalized spacial score (nSPS) is 19.4. The van der Waals surface area contributed by atoms with E-state index in [1.807, 2.05) is 26.0 Å². The molecule has 0 spiro atoms. The number of aryl methyl sites for hydroxylation is 2. The number of hydrogen-bond donors (Lipinski definition) is 1. The van der Waals surface area contributed by atoms with Gasteiger partial charge in [-0.3, -0.25) is 4.98 Å². The van der Waals surface area contributed by atoms with Crippen LogP contribution in [-0.2, 0) is 0 Å². The molecule has 0 saturated heterocycles. The molecule has 0 aromatic carbocycles. The van der Waals surface area contributed by atoms with Crippen molar-refractivity contribution in [1.29, 1.82) is 0 Å². The zero-order chi connectivity index (χ0) is 10.8. The van der Waals surface area contributed by atoms with E-state index in [0.717, 1.165) is 17.0 Å². The van der Waals surface area contributed by atoms with Gasteiger partial charge < -0.3 is 5.11 Å². The molecule has 1 heterocycles. The van der Waals surface area contributed by atoms with Gasteiger partial charge in [-0.15, -0.1) is 0 Å². The zero-order valence-corrected chi connectivity index (χ0v) is 9.53. The van der Waals surface area contributed by atoms with E-state index in [1.54, 1.807) is 0 Å². The van der Waals surface area contributed by atoms with Gasteiger partial charge in [0.15, 0.2) is 0 Å². The predicted molar refractivity (Wildman–Crippen MR) is 60.6 cm³/mol. The molecule has 1 aliphatic rings. The summed E-state index contributed by atoms with van der Waals surface area (Å²) in [6.45, 7) is 3.97. The van der Waals surface area contributed by atoms with Crippen LogP contribution in [0.25, 0.3) is 0 Å². The standard InChI is InChI=1S/C13H19NO/c1-9-7-12(8-10(2)14-9)13(15)11-5-3-4-6-11/h7-8,11,13,15H,3-6H2,1-2H3. The number of aliphatic hydroxyl groups is 1. The van der Waals surface area contributed by atoms with Crippen LogP contribution in [0.15, 0.2) is 12.1 Å². The smallest absolute Gasteiger partial charge is 0.0819 e. The summed E-state index contributed by atoms with van der Waals surface area (Å²) in [5.41, 5.74) is 3.05. The Morgan fingerprint density at radius 1 is 1.20 bits per heavy atom. The molecule has 1 aromatic heterocycles. The molecule has 1 atom stereocenters. The summed E-state index contributed by atoms with van der Waals surface area (Å²) < 4.78 is 0. The third kappa shape index (κ3) is 2.37. The summed E-state index contributed by atoms with van der Waals surface area (Å²) in [6, 6.07) is 4.02. The molecule has 0 aliphatic heterocycles. The fourth-order valence-electron chi connectivity index (χ4n) is 2.58. The summed E-state index contributed by atoms with van der Waals surface area (Å²) in [4.78, 5) is 4.33. The quantitative estimate of drug-likeness (QED) is 0.805. The Labute approximate surface area is 91.4 Å². The van der Waals surface area contributed by atoms with Gasteiger partial charge in [-0.2, -0.15) is 0 Å². The Hall–Kier alpha value is -0.890. The van der Waals surface area contributed by atoms with Crippen LogP contribution in [-0.4, -0.2) is 10.1 Å². The van der Waals surface area contributed by atoms with E-state index in [9.17, 15) is 5.11 Å². The van der Waals surface area contributed by atoms with E-state index in [2.05, 4.69) is 4.98 Å². The first-order valence-corrected chi connectivity index (χ1v) is 5.80. The largest absolute Gasteiger partial charge is 0.388 e. The molecule has 1 aromatic rings. The maximum absolute atomic E-state index is 10.2. The lowest BCUT2D eigenvalue weighted by Gasteiger charge is -2.18. The van der Waals surface area contributed by atoms with Crippen molar-refractivity contribution in [2.75, 3.05) is 0 Å². The van der Waals surface area contributed by atoms with Gasteiger partial charge in [-0.05, 0) is 50.3 Å². The lowest BCUT2D eigenvalue weighted by atomic mass is 9.94. The SMILES string of the molecule is Cc1cc(C(O)C2CCCC2)cc(C)n1. The highest BCUT2D eigenvalue weighted by molar-refractivity contribution is 5.23. The summed E-state index contributed by atoms with van der Waals surface area (Å²) >= 11 is 0. The van der Waals surface area contributed by atoms with Gasteiger partial charge in [-0.25, -0.2) is 0 Å². The highest BCUT2D eigenvalue weighted by Crippen LogP contribution is 2.35. The summed E-state index contributed by atoms with van der Waals surface area (Å²) in [5.74, 6) is 0.464. The third-order valence-corrected chi connectivity index (χ3v) is 3.29. The molecule has 1 N–H and O–H groups in total. The van der Waals surface area contributed by atoms with Crippen LogP contribution >= 0.6 is 0 Å². The van der Waals surface area contributed by atoms with E-state index in [1.165, 1.54) is 25.7 Å². The lowest BCUT2D eigenvalue weighted by Crippen LogP contribution is -2.09. The maximum Gasteiger partial charge on any atom is 0.0819 e. The van der Waals surface area contributed by atoms with Crippen LogP contribution in [0.3, 0.4) is 0 Å². The van der Waals surface area contributed by atoms with Crippen LogP contribution in [0.5, 0.6) is 0 Å². The van der Waals surface area contributed by atoms with Crippen molar-refractivity contribution in [2.24, 2.45) is 5.92 Å². The molecule has 2 nitrogen and oxygen atoms in total. The highest BCUT2D eigenvalue weighted by atomic mass is 16.3. The van der Waals surface area contributed by atoms with E-state index in [0.29, 0.717) is 5.92 Å². The number of pyridine rings is 1. The summed E-state index contributed by atoms with van der Waals surface area (Å²) in [7, 11) is 0. The fourth-order valence-corrected chi connectivity index (χ4v) is 2.58. The highest BCUT2D eigenvalue weighted by Gasteiger charge is 2.24. The van der Waals surface area contributed by atoms with Crippen LogP contribution in [0.4, 0.5) is 0 Å². The van der Waals surface area contributed by atoms with Crippen LogP contribution in [0, 0.1) is 19.8 Å². The van der Waals surface area contributed by atoms with Crippen molar-refractivity contribution in [1.82, 2.24) is 4.98 Å². The van der Waals surface area contributed by atoms with Gasteiger partial charge in [0.25, 0.3) is 0 Å². The lowest BCUT2D eigenvalue weighted by molar-refractivity contribution is 0.111. The summed E-state index contributed by atoms with van der Waals surface area (Å²) in [5, 5.41) is 10.2. The molecule has 0 radical (unpaired) electrons. The molecule has 1 unspecified atom stereocenters. The molecular formula is C13H19NO. The molecule has 1 fully saturated rings. The van der Waals surface area contributed by atoms with Crippen LogP contribution in [0.2, 0.25) is 0 Å². The molecule has 1 saturated carbocycles. The topological polar surface area (TPSA) is 33.1 Å². The van der Waals surface area contributed by atoms with E-state index >= 15 is 0 Å². The first-order valence-electron chi connectivity index (χ1n) is 5.80. The van der Waals surface area contributed by atoms with E-state index < -0.39 is 0 Å². The molecular weight excluding hydrogens is 186 g/mol. The monoisotopic (exact) mass is 205 g/mol. The van der Waals surface area contributed by atoms with Gasteiger partial charge in [0.2, 0.25) is 0 Å². The molecule has 0 bridgehead atoms. The number of hydrogen-bond acceptors (Lipinski definition) is 2. The molecule has 82 valence electrons. The Morgan fingerprint density at radius 3 is 2.27 bits per heavy atom. The van der Waals surface area contributed by atoms with Crippen molar-refractivity contribution in [3.63, 3.8) is 0 Å². The summed E-state index contributed by atoms with van der Waals surface area (Å²) in [6.07, 6.45) is 4.59. The van der Waals surface area contributed by atoms with Crippen LogP contribution in [0.1, 0.15) is 48.7 Å². The van der Waals surface area contributed by atoms with Gasteiger partial charge >= 0.3 is 0 Å². The Balaban J connectivity index is 2.20. The molecule has 0 amide bonds. The van der Waals surface area contributed by atoms with Crippen molar-refractivity contribution in [3.05, 3.63) is 29.1 Å². The third-order valence-electron chi connectivity index (χ3n) is 3.29. The van der Waals surface area contributed by atoms with Crippen molar-refractivity contribution in [2.45, 2.75) is 45.6 Å². The van der Waals surface area contributed by atoms with Crippen molar-refractivity contribution < 1.29 is 5.11 Å². The average molecular weight is 205 g/mol. The fraction of sp³-hybridized carbons (Fsp3) is 0.615. The predicted octanol–water partition coefficient (Wildman–Crippen LogP) is 2.92. The van der Waals surface area contributed by atoms with Gasteiger partial charge in [0.05, 0.1) is 6.10 Å². The first kappa shape index (κ1) is 10.6. The number of aromatic nitrogens is 1. The van der Waals surface area contributed by atoms with Crippen molar-refractivity contribution in [3.8, 4) is 0 Å². The molecule has 1 aliphatic carbocycles. The average Bonchev–Trinajstić information content (AvgIpc) is 2.67. The van der Waals surface area contributed by atoms with E-state index in [4.69, 9.17) is 0 Å². The number of nitrogens with zero attached hydrogens (tertiary/aromatic N) is 1. The van der Waals surface area contributed by atoms with Crippen LogP contribution < -0.4 is 0 Å². The minimum absolute atomic E-state index is 0.284. The number of rotatable bonds is 2. The van der Waals surface area contributed by atoms with E-state index in [-0.39, 0.29) is 6.10 Å². The Morgan fingerprint density at radius 2 is 1.73 bits per heavy atom. The second-order valence-corrected chi connectivity index (χ2v) is 4.67. The minimum Gasteiger partial charge on any atom is -0.388 e. The second kappa shape index (κ2) is 4.31. The first-order chi connectivity index (χ1) is 7.16. The molecule has 2 heteroatoms. The molecule has 2 rings (SSSR count). The maximum atomic E-state index is 10.2. The van der Waals surface area contributed by atoms with Gasteiger partial charge in [-0.1, -0.05) is 12.8 Å². The Bertz CT molecular complexity index is 322. The van der Waals surface area contributed by atoms with Crippen molar-refractivity contribution >= 4 is 0 Å². The number of aliphatic hydroxyl groups excluding tert-OH is 1. The molecule has 15 heavy (non-hydrogen) atoms. The zero-order valence-electron chi connectivity index (χ0n) is 9.53. The Kier molecular flexibility index (Phi) is 3.06. The van der Waals surface area contributed by atoms with Gasteiger partial charge in [0, 0.05) is 11.4 Å². The minimum atomic E-state index is -0.284.